The number of rotatable bonds is 3. The number of halogens is 1. The molecule has 0 fully saturated rings. The largest absolute Gasteiger partial charge is 0.487 e. The summed E-state index contributed by atoms with van der Waals surface area (Å²) in [5.41, 5.74) is 2.37. The van der Waals surface area contributed by atoms with Crippen LogP contribution in [-0.4, -0.2) is 6.61 Å². The maximum Gasteiger partial charge on any atom is 0.235 e. The highest BCUT2D eigenvalue weighted by Gasteiger charge is 2.19. The van der Waals surface area contributed by atoms with Crippen molar-refractivity contribution in [2.75, 3.05) is 6.61 Å². The predicted molar refractivity (Wildman–Crippen MR) is 103 cm³/mol. The fourth-order valence-electron chi connectivity index (χ4n) is 2.74. The Labute approximate surface area is 152 Å². The first kappa shape index (κ1) is 17.6. The van der Waals surface area contributed by atoms with E-state index in [4.69, 9.17) is 20.8 Å². The van der Waals surface area contributed by atoms with Gasteiger partial charge >= 0.3 is 0 Å². The van der Waals surface area contributed by atoms with E-state index in [0.29, 0.717) is 28.4 Å². The third kappa shape index (κ3) is 3.42. The molecule has 25 heavy (non-hydrogen) atoms. The Kier molecular flexibility index (Phi) is 4.61. The van der Waals surface area contributed by atoms with Gasteiger partial charge in [0.1, 0.15) is 5.58 Å². The van der Waals surface area contributed by atoms with Crippen molar-refractivity contribution in [3.05, 3.63) is 63.3 Å². The summed E-state index contributed by atoms with van der Waals surface area (Å²) >= 11 is 6.02. The summed E-state index contributed by atoms with van der Waals surface area (Å²) in [5.74, 6) is 0.669. The molecule has 0 N–H and O–H groups in total. The minimum atomic E-state index is -0.208. The van der Waals surface area contributed by atoms with Gasteiger partial charge in [-0.1, -0.05) is 56.6 Å². The summed E-state index contributed by atoms with van der Waals surface area (Å²) in [5, 5.41) is 0.913. The average Bonchev–Trinajstić information content (AvgIpc) is 2.57. The van der Waals surface area contributed by atoms with E-state index in [1.165, 1.54) is 5.56 Å². The number of fused-ring (bicyclic) bond motifs is 1. The van der Waals surface area contributed by atoms with Crippen LogP contribution < -0.4 is 10.2 Å². The van der Waals surface area contributed by atoms with Crippen LogP contribution in [0, 0.1) is 0 Å². The zero-order chi connectivity index (χ0) is 18.2. The van der Waals surface area contributed by atoms with E-state index in [2.05, 4.69) is 32.9 Å². The molecule has 0 radical (unpaired) electrons. The van der Waals surface area contributed by atoms with Crippen molar-refractivity contribution in [1.29, 1.82) is 0 Å². The van der Waals surface area contributed by atoms with Gasteiger partial charge in [0.2, 0.25) is 11.2 Å². The fraction of sp³-hybridized carbons (Fsp3) is 0.286. The molecule has 0 atom stereocenters. The lowest BCUT2D eigenvalue weighted by Gasteiger charge is -2.19. The predicted octanol–water partition coefficient (Wildman–Crippen LogP) is 5.81. The molecule has 0 amide bonds. The molecule has 0 aliphatic carbocycles. The van der Waals surface area contributed by atoms with Crippen LogP contribution in [0.1, 0.15) is 33.3 Å². The molecule has 0 spiro atoms. The monoisotopic (exact) mass is 356 g/mol. The van der Waals surface area contributed by atoms with Gasteiger partial charge in [0, 0.05) is 10.6 Å². The van der Waals surface area contributed by atoms with E-state index in [9.17, 15) is 4.79 Å². The lowest BCUT2D eigenvalue weighted by atomic mass is 9.86. The van der Waals surface area contributed by atoms with Gasteiger partial charge in [-0.25, -0.2) is 0 Å². The van der Waals surface area contributed by atoms with Gasteiger partial charge < -0.3 is 9.15 Å². The SMILES string of the molecule is CCOc1c(-c2ccc(C(C)(C)C)cc2)oc2ccc(Cl)cc2c1=O. The topological polar surface area (TPSA) is 39.4 Å². The number of benzene rings is 2. The van der Waals surface area contributed by atoms with Gasteiger partial charge in [-0.2, -0.15) is 0 Å². The second kappa shape index (κ2) is 6.57. The normalized spacial score (nSPS) is 11.7. The zero-order valence-electron chi connectivity index (χ0n) is 14.9. The van der Waals surface area contributed by atoms with Gasteiger partial charge in [0.15, 0.2) is 5.76 Å². The third-order valence-electron chi connectivity index (χ3n) is 4.11. The smallest absolute Gasteiger partial charge is 0.235 e. The Morgan fingerprint density at radius 2 is 1.76 bits per heavy atom. The lowest BCUT2D eigenvalue weighted by Crippen LogP contribution is -2.11. The molecule has 0 aliphatic heterocycles. The molecular weight excluding hydrogens is 336 g/mol. The summed E-state index contributed by atoms with van der Waals surface area (Å²) in [6.45, 7) is 8.70. The van der Waals surface area contributed by atoms with E-state index in [1.54, 1.807) is 18.2 Å². The van der Waals surface area contributed by atoms with E-state index >= 15 is 0 Å². The van der Waals surface area contributed by atoms with E-state index < -0.39 is 0 Å². The van der Waals surface area contributed by atoms with E-state index in [-0.39, 0.29) is 16.6 Å². The van der Waals surface area contributed by atoms with Crippen molar-refractivity contribution in [2.45, 2.75) is 33.1 Å². The molecule has 130 valence electrons. The van der Waals surface area contributed by atoms with Crippen LogP contribution in [0.5, 0.6) is 5.75 Å². The van der Waals surface area contributed by atoms with Crippen molar-refractivity contribution >= 4 is 22.6 Å². The first-order valence-corrected chi connectivity index (χ1v) is 8.69. The molecule has 0 saturated carbocycles. The summed E-state index contributed by atoms with van der Waals surface area (Å²) in [6, 6.07) is 13.1. The van der Waals surface area contributed by atoms with Crippen LogP contribution in [0.25, 0.3) is 22.3 Å². The summed E-state index contributed by atoms with van der Waals surface area (Å²) in [6.07, 6.45) is 0. The Morgan fingerprint density at radius 3 is 2.36 bits per heavy atom. The highest BCUT2D eigenvalue weighted by atomic mass is 35.5. The van der Waals surface area contributed by atoms with Crippen molar-refractivity contribution in [3.8, 4) is 17.1 Å². The Bertz CT molecular complexity index is 963. The molecule has 2 aromatic carbocycles. The Balaban J connectivity index is 2.22. The minimum Gasteiger partial charge on any atom is -0.487 e. The molecule has 3 nitrogen and oxygen atoms in total. The van der Waals surface area contributed by atoms with Crippen molar-refractivity contribution in [3.63, 3.8) is 0 Å². The molecular formula is C21H21ClO3. The zero-order valence-corrected chi connectivity index (χ0v) is 15.6. The number of hydrogen-bond acceptors (Lipinski definition) is 3. The first-order valence-electron chi connectivity index (χ1n) is 8.31. The molecule has 0 saturated heterocycles. The van der Waals surface area contributed by atoms with Crippen LogP contribution in [0.15, 0.2) is 51.7 Å². The van der Waals surface area contributed by atoms with E-state index in [1.807, 2.05) is 19.1 Å². The molecule has 3 aromatic rings. The highest BCUT2D eigenvalue weighted by Crippen LogP contribution is 2.33. The Morgan fingerprint density at radius 1 is 1.08 bits per heavy atom. The van der Waals surface area contributed by atoms with Gasteiger partial charge in [-0.05, 0) is 36.1 Å². The molecule has 1 heterocycles. The molecule has 1 aromatic heterocycles. The maximum atomic E-state index is 12.8. The van der Waals surface area contributed by atoms with E-state index in [0.717, 1.165) is 5.56 Å². The third-order valence-corrected chi connectivity index (χ3v) is 4.35. The van der Waals surface area contributed by atoms with Crippen LogP contribution in [0.2, 0.25) is 5.02 Å². The lowest BCUT2D eigenvalue weighted by molar-refractivity contribution is 0.330. The summed E-state index contributed by atoms with van der Waals surface area (Å²) in [7, 11) is 0. The van der Waals surface area contributed by atoms with Crippen molar-refractivity contribution in [2.24, 2.45) is 0 Å². The van der Waals surface area contributed by atoms with Gasteiger partial charge in [0.05, 0.1) is 12.0 Å². The van der Waals surface area contributed by atoms with Crippen LogP contribution in [0.4, 0.5) is 0 Å². The van der Waals surface area contributed by atoms with Crippen molar-refractivity contribution in [1.82, 2.24) is 0 Å². The molecule has 0 unspecified atom stereocenters. The second-order valence-electron chi connectivity index (χ2n) is 6.99. The first-order chi connectivity index (χ1) is 11.8. The summed E-state index contributed by atoms with van der Waals surface area (Å²) < 4.78 is 11.6. The Hall–Kier alpha value is -2.26. The minimum absolute atomic E-state index is 0.0578. The van der Waals surface area contributed by atoms with Gasteiger partial charge in [0.25, 0.3) is 0 Å². The molecule has 3 rings (SSSR count). The van der Waals surface area contributed by atoms with Crippen LogP contribution in [-0.2, 0) is 5.41 Å². The molecule has 0 aliphatic rings. The van der Waals surface area contributed by atoms with Crippen LogP contribution in [0.3, 0.4) is 0 Å². The average molecular weight is 357 g/mol. The second-order valence-corrected chi connectivity index (χ2v) is 7.43. The number of ether oxygens (including phenoxy) is 1. The van der Waals surface area contributed by atoms with Gasteiger partial charge in [-0.15, -0.1) is 0 Å². The van der Waals surface area contributed by atoms with Crippen LogP contribution >= 0.6 is 11.6 Å². The van der Waals surface area contributed by atoms with Crippen molar-refractivity contribution < 1.29 is 9.15 Å². The standard InChI is InChI=1S/C21H21ClO3/c1-5-24-20-18(23)16-12-15(22)10-11-17(16)25-19(20)13-6-8-14(9-7-13)21(2,3)4/h6-12H,5H2,1-4H3. The highest BCUT2D eigenvalue weighted by molar-refractivity contribution is 6.31. The quantitative estimate of drug-likeness (QED) is 0.594. The van der Waals surface area contributed by atoms with Gasteiger partial charge in [-0.3, -0.25) is 4.79 Å². The maximum absolute atomic E-state index is 12.8. The summed E-state index contributed by atoms with van der Waals surface area (Å²) in [4.78, 5) is 12.8. The number of hydrogen-bond donors (Lipinski definition) is 0. The fourth-order valence-corrected chi connectivity index (χ4v) is 2.91. The molecule has 0 bridgehead atoms. The molecule has 4 heteroatoms.